The summed E-state index contributed by atoms with van der Waals surface area (Å²) < 4.78 is 18.5. The van der Waals surface area contributed by atoms with Gasteiger partial charge in [-0.1, -0.05) is 6.58 Å². The Balaban J connectivity index is 1.99. The van der Waals surface area contributed by atoms with Crippen LogP contribution >= 0.6 is 0 Å². The second-order valence-electron chi connectivity index (χ2n) is 5.16. The van der Waals surface area contributed by atoms with Crippen LogP contribution in [-0.2, 0) is 4.79 Å². The van der Waals surface area contributed by atoms with E-state index in [0.717, 1.165) is 0 Å². The Morgan fingerprint density at radius 2 is 1.96 bits per heavy atom. The molecule has 0 radical (unpaired) electrons. The average molecular weight is 330 g/mol. The molecule has 0 aliphatic rings. The van der Waals surface area contributed by atoms with Crippen LogP contribution in [0.3, 0.4) is 0 Å². The molecule has 2 aromatic rings. The minimum Gasteiger partial charge on any atom is -0.437 e. The van der Waals surface area contributed by atoms with Crippen molar-refractivity contribution in [1.29, 1.82) is 0 Å². The number of carbonyl (C=O) groups is 1. The maximum absolute atomic E-state index is 12.9. The van der Waals surface area contributed by atoms with Crippen LogP contribution in [0.5, 0.6) is 11.6 Å². The fourth-order valence-corrected chi connectivity index (χ4v) is 1.88. The molecule has 1 aromatic heterocycles. The first kappa shape index (κ1) is 17.4. The highest BCUT2D eigenvalue weighted by molar-refractivity contribution is 5.86. The monoisotopic (exact) mass is 330 g/mol. The molecule has 1 amide bonds. The van der Waals surface area contributed by atoms with E-state index >= 15 is 0 Å². The SMILES string of the molecule is C=CC(=O)N(C)CCN(C)c1cncc(Oc2ccc(F)cc2)n1. The summed E-state index contributed by atoms with van der Waals surface area (Å²) in [5.41, 5.74) is 0. The van der Waals surface area contributed by atoms with Crippen molar-refractivity contribution in [2.75, 3.05) is 32.1 Å². The predicted molar refractivity (Wildman–Crippen MR) is 89.6 cm³/mol. The number of hydrogen-bond donors (Lipinski definition) is 0. The van der Waals surface area contributed by atoms with Crippen molar-refractivity contribution in [3.05, 3.63) is 55.1 Å². The van der Waals surface area contributed by atoms with Crippen molar-refractivity contribution in [3.63, 3.8) is 0 Å². The molecule has 0 saturated carbocycles. The number of anilines is 1. The first-order valence-corrected chi connectivity index (χ1v) is 7.33. The number of rotatable bonds is 7. The third-order valence-corrected chi connectivity index (χ3v) is 3.35. The van der Waals surface area contributed by atoms with Gasteiger partial charge in [-0.3, -0.25) is 9.78 Å². The van der Waals surface area contributed by atoms with Crippen LogP contribution in [0.15, 0.2) is 49.3 Å². The number of nitrogens with zero attached hydrogens (tertiary/aromatic N) is 4. The van der Waals surface area contributed by atoms with Gasteiger partial charge in [-0.2, -0.15) is 4.98 Å². The summed E-state index contributed by atoms with van der Waals surface area (Å²) in [6.45, 7) is 4.55. The number of hydrogen-bond acceptors (Lipinski definition) is 5. The minimum atomic E-state index is -0.333. The molecule has 0 spiro atoms. The number of ether oxygens (including phenoxy) is 1. The highest BCUT2D eigenvalue weighted by Crippen LogP contribution is 2.20. The van der Waals surface area contributed by atoms with E-state index in [9.17, 15) is 9.18 Å². The second-order valence-corrected chi connectivity index (χ2v) is 5.16. The molecular formula is C17H19FN4O2. The van der Waals surface area contributed by atoms with E-state index in [0.29, 0.717) is 30.5 Å². The van der Waals surface area contributed by atoms with E-state index in [4.69, 9.17) is 4.74 Å². The molecule has 0 bridgehead atoms. The summed E-state index contributed by atoms with van der Waals surface area (Å²) in [5.74, 6) is 0.917. The topological polar surface area (TPSA) is 58.6 Å². The van der Waals surface area contributed by atoms with Gasteiger partial charge in [-0.05, 0) is 30.3 Å². The zero-order valence-corrected chi connectivity index (χ0v) is 13.6. The first-order chi connectivity index (χ1) is 11.5. The van der Waals surface area contributed by atoms with Gasteiger partial charge in [0.25, 0.3) is 0 Å². The fraction of sp³-hybridized carbons (Fsp3) is 0.235. The molecule has 0 N–H and O–H groups in total. The van der Waals surface area contributed by atoms with E-state index < -0.39 is 0 Å². The van der Waals surface area contributed by atoms with Gasteiger partial charge < -0.3 is 14.5 Å². The van der Waals surface area contributed by atoms with Crippen molar-refractivity contribution in [1.82, 2.24) is 14.9 Å². The maximum Gasteiger partial charge on any atom is 0.245 e. The number of likely N-dealkylation sites (N-methyl/N-ethyl adjacent to an activating group) is 2. The molecule has 0 atom stereocenters. The van der Waals surface area contributed by atoms with Gasteiger partial charge in [0.15, 0.2) is 5.82 Å². The molecule has 2 rings (SSSR count). The van der Waals surface area contributed by atoms with Crippen LogP contribution < -0.4 is 9.64 Å². The summed E-state index contributed by atoms with van der Waals surface area (Å²) in [4.78, 5) is 23.3. The summed E-state index contributed by atoms with van der Waals surface area (Å²) >= 11 is 0. The van der Waals surface area contributed by atoms with Crippen LogP contribution in [0.25, 0.3) is 0 Å². The molecule has 0 aliphatic heterocycles. The van der Waals surface area contributed by atoms with Crippen LogP contribution in [0.4, 0.5) is 10.2 Å². The quantitative estimate of drug-likeness (QED) is 0.730. The lowest BCUT2D eigenvalue weighted by molar-refractivity contribution is -0.124. The lowest BCUT2D eigenvalue weighted by Gasteiger charge is -2.22. The average Bonchev–Trinajstić information content (AvgIpc) is 2.60. The second kappa shape index (κ2) is 8.05. The largest absolute Gasteiger partial charge is 0.437 e. The predicted octanol–water partition coefficient (Wildman–Crippen LogP) is 2.49. The van der Waals surface area contributed by atoms with Crippen LogP contribution in [0.2, 0.25) is 0 Å². The standard InChI is InChI=1S/C17H19FN4O2/c1-4-17(23)22(3)10-9-21(2)15-11-19-12-16(20-15)24-14-7-5-13(18)6-8-14/h4-8,11-12H,1,9-10H2,2-3H3. The van der Waals surface area contributed by atoms with Crippen molar-refractivity contribution >= 4 is 11.7 Å². The van der Waals surface area contributed by atoms with E-state index in [1.54, 1.807) is 18.1 Å². The number of aromatic nitrogens is 2. The Bertz CT molecular complexity index is 706. The molecule has 126 valence electrons. The van der Waals surface area contributed by atoms with E-state index in [-0.39, 0.29) is 11.7 Å². The van der Waals surface area contributed by atoms with Gasteiger partial charge in [0.05, 0.1) is 12.4 Å². The molecular weight excluding hydrogens is 311 g/mol. The lowest BCUT2D eigenvalue weighted by atomic mass is 10.3. The molecule has 24 heavy (non-hydrogen) atoms. The molecule has 1 heterocycles. The molecule has 0 unspecified atom stereocenters. The fourth-order valence-electron chi connectivity index (χ4n) is 1.88. The van der Waals surface area contributed by atoms with E-state index in [1.165, 1.54) is 36.5 Å². The van der Waals surface area contributed by atoms with E-state index in [2.05, 4.69) is 16.5 Å². The zero-order valence-electron chi connectivity index (χ0n) is 13.6. The molecule has 0 saturated heterocycles. The van der Waals surface area contributed by atoms with Gasteiger partial charge in [-0.25, -0.2) is 4.39 Å². The van der Waals surface area contributed by atoms with E-state index in [1.807, 2.05) is 11.9 Å². The van der Waals surface area contributed by atoms with Crippen molar-refractivity contribution in [2.45, 2.75) is 0 Å². The third-order valence-electron chi connectivity index (χ3n) is 3.35. The van der Waals surface area contributed by atoms with Crippen molar-refractivity contribution < 1.29 is 13.9 Å². The van der Waals surface area contributed by atoms with Crippen LogP contribution in [-0.4, -0.2) is 48.0 Å². The van der Waals surface area contributed by atoms with Gasteiger partial charge in [0.2, 0.25) is 11.8 Å². The summed E-state index contributed by atoms with van der Waals surface area (Å²) in [7, 11) is 3.55. The molecule has 6 nitrogen and oxygen atoms in total. The lowest BCUT2D eigenvalue weighted by Crippen LogP contribution is -2.34. The molecule has 7 heteroatoms. The summed E-state index contributed by atoms with van der Waals surface area (Å²) in [6, 6.07) is 5.66. The Kier molecular flexibility index (Phi) is 5.83. The molecule has 0 fully saturated rings. The highest BCUT2D eigenvalue weighted by Gasteiger charge is 2.09. The number of carbonyl (C=O) groups excluding carboxylic acids is 1. The van der Waals surface area contributed by atoms with Gasteiger partial charge in [0.1, 0.15) is 11.6 Å². The Morgan fingerprint density at radius 1 is 1.25 bits per heavy atom. The Labute approximate surface area is 140 Å². The Hall–Kier alpha value is -2.96. The normalized spacial score (nSPS) is 10.1. The summed E-state index contributed by atoms with van der Waals surface area (Å²) in [6.07, 6.45) is 4.36. The smallest absolute Gasteiger partial charge is 0.245 e. The van der Waals surface area contributed by atoms with Gasteiger partial charge in [0, 0.05) is 27.2 Å². The Morgan fingerprint density at radius 3 is 2.62 bits per heavy atom. The number of amides is 1. The van der Waals surface area contributed by atoms with Crippen LogP contribution in [0.1, 0.15) is 0 Å². The van der Waals surface area contributed by atoms with Gasteiger partial charge in [-0.15, -0.1) is 0 Å². The number of benzene rings is 1. The van der Waals surface area contributed by atoms with Crippen molar-refractivity contribution in [2.24, 2.45) is 0 Å². The minimum absolute atomic E-state index is 0.136. The van der Waals surface area contributed by atoms with Gasteiger partial charge >= 0.3 is 0 Å². The third kappa shape index (κ3) is 4.77. The molecule has 0 aliphatic carbocycles. The first-order valence-electron chi connectivity index (χ1n) is 7.33. The molecule has 1 aromatic carbocycles. The zero-order chi connectivity index (χ0) is 17.5. The highest BCUT2D eigenvalue weighted by atomic mass is 19.1. The summed E-state index contributed by atoms with van der Waals surface area (Å²) in [5, 5.41) is 0. The van der Waals surface area contributed by atoms with Crippen molar-refractivity contribution in [3.8, 4) is 11.6 Å². The maximum atomic E-state index is 12.9. The number of halogens is 1. The van der Waals surface area contributed by atoms with Crippen LogP contribution in [0, 0.1) is 5.82 Å².